The number of halogens is 3. The summed E-state index contributed by atoms with van der Waals surface area (Å²) < 4.78 is 54.8. The van der Waals surface area contributed by atoms with Gasteiger partial charge in [-0.1, -0.05) is 0 Å². The van der Waals surface area contributed by atoms with Gasteiger partial charge in [-0.25, -0.2) is 22.9 Å². The summed E-state index contributed by atoms with van der Waals surface area (Å²) in [4.78, 5) is 59.3. The number of nitrogens with one attached hydrogen (secondary N) is 2. The first-order valence-electron chi connectivity index (χ1n) is 13.7. The predicted molar refractivity (Wildman–Crippen MR) is 135 cm³/mol. The third-order valence-electron chi connectivity index (χ3n) is 9.49. The van der Waals surface area contributed by atoms with E-state index in [1.54, 1.807) is 12.1 Å². The SMILES string of the molecule is COC(=O)NC(C(=O)N1CC2C3CC(F)C(C3)C2C1C(=O)N1CC2(CC1C#N)Oc1cccnc1NC2=O)C(C)(F)F. The molecule has 2 aliphatic carbocycles. The molecule has 2 N–H and O–H groups in total. The summed E-state index contributed by atoms with van der Waals surface area (Å²) in [6.45, 7) is 0.0126. The highest BCUT2D eigenvalue weighted by molar-refractivity contribution is 6.01. The number of carbonyl (C=O) groups is 4. The summed E-state index contributed by atoms with van der Waals surface area (Å²) in [6, 6.07) is 0.294. The van der Waals surface area contributed by atoms with Crippen molar-refractivity contribution in [2.24, 2.45) is 23.7 Å². The zero-order valence-electron chi connectivity index (χ0n) is 22.8. The largest absolute Gasteiger partial charge is 0.472 e. The minimum absolute atomic E-state index is 0.0878. The maximum atomic E-state index is 15.0. The van der Waals surface area contributed by atoms with Gasteiger partial charge >= 0.3 is 6.09 Å². The van der Waals surface area contributed by atoms with Crippen molar-refractivity contribution in [2.75, 3.05) is 25.5 Å². The van der Waals surface area contributed by atoms with Crippen LogP contribution in [0.5, 0.6) is 5.75 Å². The number of hydrogen-bond acceptors (Lipinski definition) is 8. The summed E-state index contributed by atoms with van der Waals surface area (Å²) in [5, 5.41) is 14.5. The lowest BCUT2D eigenvalue weighted by Gasteiger charge is -2.37. The summed E-state index contributed by atoms with van der Waals surface area (Å²) >= 11 is 0. The van der Waals surface area contributed by atoms with Crippen LogP contribution in [0.15, 0.2) is 18.3 Å². The second-order valence-corrected chi connectivity index (χ2v) is 11.8. The first kappa shape index (κ1) is 28.0. The van der Waals surface area contributed by atoms with Crippen molar-refractivity contribution in [3.05, 3.63) is 18.3 Å². The molecule has 12 nitrogen and oxygen atoms in total. The van der Waals surface area contributed by atoms with Gasteiger partial charge in [0.2, 0.25) is 11.5 Å². The Balaban J connectivity index is 1.34. The minimum Gasteiger partial charge on any atom is -0.472 e. The van der Waals surface area contributed by atoms with Crippen LogP contribution in [0.2, 0.25) is 0 Å². The monoisotopic (exact) mass is 590 g/mol. The van der Waals surface area contributed by atoms with Gasteiger partial charge in [0, 0.05) is 26.1 Å². The van der Waals surface area contributed by atoms with Gasteiger partial charge < -0.3 is 29.9 Å². The fourth-order valence-electron chi connectivity index (χ4n) is 7.67. The van der Waals surface area contributed by atoms with Crippen LogP contribution < -0.4 is 15.4 Å². The molecule has 42 heavy (non-hydrogen) atoms. The summed E-state index contributed by atoms with van der Waals surface area (Å²) in [7, 11) is 0.958. The van der Waals surface area contributed by atoms with Gasteiger partial charge in [-0.3, -0.25) is 14.4 Å². The minimum atomic E-state index is -3.74. The van der Waals surface area contributed by atoms with Crippen molar-refractivity contribution in [1.29, 1.82) is 5.26 Å². The molecule has 0 aromatic carbocycles. The number of carbonyl (C=O) groups excluding carboxylic acids is 4. The third kappa shape index (κ3) is 4.21. The highest BCUT2D eigenvalue weighted by Gasteiger charge is 2.65. The molecule has 2 bridgehead atoms. The van der Waals surface area contributed by atoms with Gasteiger partial charge in [0.15, 0.2) is 17.6 Å². The molecule has 6 rings (SSSR count). The molecular weight excluding hydrogens is 561 g/mol. The maximum Gasteiger partial charge on any atom is 0.407 e. The lowest BCUT2D eigenvalue weighted by molar-refractivity contribution is -0.152. The second kappa shape index (κ2) is 9.74. The Hall–Kier alpha value is -4.09. The van der Waals surface area contributed by atoms with E-state index in [0.717, 1.165) is 16.9 Å². The number of likely N-dealkylation sites (tertiary alicyclic amines) is 2. The average Bonchev–Trinajstić information content (AvgIpc) is 3.70. The number of hydrogen-bond donors (Lipinski definition) is 2. The van der Waals surface area contributed by atoms with Crippen LogP contribution in [0.3, 0.4) is 0 Å². The lowest BCUT2D eigenvalue weighted by Crippen LogP contribution is -2.61. The highest BCUT2D eigenvalue weighted by Crippen LogP contribution is 2.59. The van der Waals surface area contributed by atoms with Gasteiger partial charge in [-0.05, 0) is 48.6 Å². The van der Waals surface area contributed by atoms with E-state index in [4.69, 9.17) is 4.74 Å². The number of alkyl carbamates (subject to hydrolysis) is 1. The molecule has 5 aliphatic rings. The van der Waals surface area contributed by atoms with E-state index in [9.17, 15) is 33.2 Å². The van der Waals surface area contributed by atoms with Gasteiger partial charge in [-0.2, -0.15) is 5.26 Å². The number of methoxy groups -OCH3 is 1. The second-order valence-electron chi connectivity index (χ2n) is 11.8. The molecule has 1 aromatic heterocycles. The fourth-order valence-corrected chi connectivity index (χ4v) is 7.67. The molecule has 3 aliphatic heterocycles. The molecule has 4 amide bonds. The molecule has 4 heterocycles. The number of anilines is 1. The van der Waals surface area contributed by atoms with Gasteiger partial charge in [0.1, 0.15) is 18.3 Å². The standard InChI is InChI=1S/C27H29F3N6O6/c1-26(29,30)20(33-25(40)41-2)23(38)35-10-15-12-6-14(16(28)7-12)18(15)19(35)22(37)36-11-27(8-13(36)9-31)24(39)34-21-17(42-27)4-3-5-32-21/h3-5,12-16,18-20H,6-8,10-11H2,1-2H3,(H,33,40)(H,32,34,39). The zero-order chi connectivity index (χ0) is 30.1. The summed E-state index contributed by atoms with van der Waals surface area (Å²) in [5.74, 6) is -7.63. The van der Waals surface area contributed by atoms with Gasteiger partial charge in [0.05, 0.1) is 19.7 Å². The average molecular weight is 591 g/mol. The summed E-state index contributed by atoms with van der Waals surface area (Å²) in [6.07, 6.45) is -0.481. The number of nitriles is 1. The molecule has 9 unspecified atom stereocenters. The molecule has 15 heteroatoms. The summed E-state index contributed by atoms with van der Waals surface area (Å²) in [5.41, 5.74) is -1.64. The van der Waals surface area contributed by atoms with Crippen molar-refractivity contribution in [3.8, 4) is 11.8 Å². The van der Waals surface area contributed by atoms with E-state index < -0.39 is 71.5 Å². The molecule has 1 spiro atoms. The van der Waals surface area contributed by atoms with E-state index in [0.29, 0.717) is 13.3 Å². The predicted octanol–water partition coefficient (Wildman–Crippen LogP) is 1.48. The molecule has 9 atom stereocenters. The van der Waals surface area contributed by atoms with E-state index in [1.165, 1.54) is 6.20 Å². The van der Waals surface area contributed by atoms with Crippen LogP contribution in [0.4, 0.5) is 23.8 Å². The number of amides is 4. The van der Waals surface area contributed by atoms with Crippen LogP contribution in [0.25, 0.3) is 0 Å². The molecule has 2 saturated carbocycles. The topological polar surface area (TPSA) is 154 Å². The number of fused-ring (bicyclic) bond motifs is 6. The van der Waals surface area contributed by atoms with E-state index in [-0.39, 0.29) is 49.3 Å². The molecule has 1 aromatic rings. The quantitative estimate of drug-likeness (QED) is 0.535. The van der Waals surface area contributed by atoms with Crippen LogP contribution in [0, 0.1) is 35.0 Å². The highest BCUT2D eigenvalue weighted by atomic mass is 19.3. The number of pyridine rings is 1. The normalized spacial score (nSPS) is 35.1. The van der Waals surface area contributed by atoms with Gasteiger partial charge in [0.25, 0.3) is 17.7 Å². The molecule has 0 radical (unpaired) electrons. The Morgan fingerprint density at radius 2 is 2.07 bits per heavy atom. The molecule has 2 saturated heterocycles. The van der Waals surface area contributed by atoms with Crippen molar-refractivity contribution in [2.45, 2.75) is 62.0 Å². The number of nitrogens with zero attached hydrogens (tertiary/aromatic N) is 4. The Morgan fingerprint density at radius 3 is 2.76 bits per heavy atom. The Labute approximate surface area is 238 Å². The van der Waals surface area contributed by atoms with E-state index in [2.05, 4.69) is 15.0 Å². The van der Waals surface area contributed by atoms with Crippen LogP contribution in [0.1, 0.15) is 26.2 Å². The van der Waals surface area contributed by atoms with Crippen molar-refractivity contribution in [3.63, 3.8) is 0 Å². The first-order chi connectivity index (χ1) is 19.9. The third-order valence-corrected chi connectivity index (χ3v) is 9.49. The fraction of sp³-hybridized carbons (Fsp3) is 0.630. The van der Waals surface area contributed by atoms with Crippen LogP contribution in [-0.4, -0.2) is 94.6 Å². The Bertz CT molecular complexity index is 1380. The van der Waals surface area contributed by atoms with Gasteiger partial charge in [-0.15, -0.1) is 0 Å². The van der Waals surface area contributed by atoms with Crippen LogP contribution in [-0.2, 0) is 19.1 Å². The maximum absolute atomic E-state index is 15.0. The van der Waals surface area contributed by atoms with Crippen LogP contribution >= 0.6 is 0 Å². The lowest BCUT2D eigenvalue weighted by atomic mass is 9.77. The van der Waals surface area contributed by atoms with Crippen molar-refractivity contribution >= 4 is 29.6 Å². The molecule has 224 valence electrons. The van der Waals surface area contributed by atoms with E-state index >= 15 is 4.39 Å². The number of aromatic nitrogens is 1. The number of ether oxygens (including phenoxy) is 2. The number of alkyl halides is 3. The number of rotatable bonds is 4. The van der Waals surface area contributed by atoms with Crippen molar-refractivity contribution in [1.82, 2.24) is 20.1 Å². The first-order valence-corrected chi connectivity index (χ1v) is 13.7. The van der Waals surface area contributed by atoms with E-state index in [1.807, 2.05) is 11.4 Å². The Kier molecular flexibility index (Phi) is 6.50. The Morgan fingerprint density at radius 1 is 1.31 bits per heavy atom. The zero-order valence-corrected chi connectivity index (χ0v) is 22.8. The molecular formula is C27H29F3N6O6. The van der Waals surface area contributed by atoms with Crippen molar-refractivity contribution < 1.29 is 41.8 Å². The molecule has 4 fully saturated rings. The smallest absolute Gasteiger partial charge is 0.407 e.